The Kier molecular flexibility index (Phi) is 5.18. The lowest BCUT2D eigenvalue weighted by Gasteiger charge is -2.16. The van der Waals surface area contributed by atoms with Crippen molar-refractivity contribution in [3.8, 4) is 5.69 Å². The number of carbonyl (C=O) groups is 1. The minimum absolute atomic E-state index is 0.0570. The Morgan fingerprint density at radius 2 is 2.04 bits per heavy atom. The summed E-state index contributed by atoms with van der Waals surface area (Å²) in [5.74, 6) is 0.0570. The second-order valence-corrected chi connectivity index (χ2v) is 7.70. The van der Waals surface area contributed by atoms with Crippen LogP contribution < -0.4 is 5.32 Å². The minimum Gasteiger partial charge on any atom is -0.352 e. The third kappa shape index (κ3) is 3.77. The van der Waals surface area contributed by atoms with Gasteiger partial charge in [-0.25, -0.2) is 0 Å². The Balaban J connectivity index is 1.70. The first-order valence-corrected chi connectivity index (χ1v) is 9.25. The molecule has 24 heavy (non-hydrogen) atoms. The number of rotatable bonds is 5. The first kappa shape index (κ1) is 17.0. The van der Waals surface area contributed by atoms with Crippen LogP contribution in [-0.2, 0) is 4.79 Å². The summed E-state index contributed by atoms with van der Waals surface area (Å²) >= 11 is 1.39. The largest absolute Gasteiger partial charge is 0.352 e. The number of hydrogen-bond acceptors (Lipinski definition) is 5. The molecule has 1 aliphatic rings. The molecule has 3 rings (SSSR count). The predicted molar refractivity (Wildman–Crippen MR) is 94.3 cm³/mol. The second kappa shape index (κ2) is 7.34. The summed E-state index contributed by atoms with van der Waals surface area (Å²) in [5, 5.41) is 15.5. The van der Waals surface area contributed by atoms with Gasteiger partial charge in [0.1, 0.15) is 0 Å². The Labute approximate surface area is 146 Å². The van der Waals surface area contributed by atoms with Crippen LogP contribution in [0.15, 0.2) is 23.4 Å². The highest BCUT2D eigenvalue weighted by Crippen LogP contribution is 2.25. The van der Waals surface area contributed by atoms with Crippen molar-refractivity contribution >= 4 is 17.7 Å². The van der Waals surface area contributed by atoms with Gasteiger partial charge in [-0.05, 0) is 67.3 Å². The molecule has 0 saturated heterocycles. The van der Waals surface area contributed by atoms with Gasteiger partial charge < -0.3 is 5.32 Å². The standard InChI is InChI=1S/C17H23N5OS/c1-11-8-9-15(10-12(11)2)22-17(19-20-21-22)24-13(3)16(23)18-14-6-4-5-7-14/h8-10,13-14H,4-7H2,1-3H3,(H,18,23)/t13-/m0/s1. The molecule has 1 N–H and O–H groups in total. The zero-order valence-electron chi connectivity index (χ0n) is 14.3. The van der Waals surface area contributed by atoms with E-state index in [1.165, 1.54) is 35.7 Å². The van der Waals surface area contributed by atoms with Crippen LogP contribution in [-0.4, -0.2) is 37.4 Å². The molecule has 1 aliphatic carbocycles. The first-order chi connectivity index (χ1) is 11.5. The third-order valence-corrected chi connectivity index (χ3v) is 5.56. The van der Waals surface area contributed by atoms with Crippen molar-refractivity contribution in [1.29, 1.82) is 0 Å². The van der Waals surface area contributed by atoms with Crippen molar-refractivity contribution in [2.45, 2.75) is 62.9 Å². The number of benzene rings is 1. The summed E-state index contributed by atoms with van der Waals surface area (Å²) in [5.41, 5.74) is 3.32. The molecular formula is C17H23N5OS. The number of aryl methyl sites for hydroxylation is 2. The SMILES string of the molecule is Cc1ccc(-n2nnnc2S[C@@H](C)C(=O)NC2CCCC2)cc1C. The molecule has 1 aromatic heterocycles. The third-order valence-electron chi connectivity index (χ3n) is 4.53. The van der Waals surface area contributed by atoms with E-state index < -0.39 is 0 Å². The first-order valence-electron chi connectivity index (χ1n) is 8.37. The molecule has 1 saturated carbocycles. The van der Waals surface area contributed by atoms with Gasteiger partial charge in [-0.3, -0.25) is 4.79 Å². The Morgan fingerprint density at radius 3 is 2.75 bits per heavy atom. The zero-order valence-corrected chi connectivity index (χ0v) is 15.1. The van der Waals surface area contributed by atoms with E-state index in [1.54, 1.807) is 4.68 Å². The number of nitrogens with zero attached hydrogens (tertiary/aromatic N) is 4. The van der Waals surface area contributed by atoms with Gasteiger partial charge in [0.15, 0.2) is 0 Å². The van der Waals surface area contributed by atoms with Crippen LogP contribution in [0.1, 0.15) is 43.7 Å². The molecule has 7 heteroatoms. The molecule has 0 spiro atoms. The molecule has 0 bridgehead atoms. The summed E-state index contributed by atoms with van der Waals surface area (Å²) in [6, 6.07) is 6.43. The van der Waals surface area contributed by atoms with Crippen molar-refractivity contribution in [2.75, 3.05) is 0 Å². The van der Waals surface area contributed by atoms with Crippen LogP contribution in [0, 0.1) is 13.8 Å². The van der Waals surface area contributed by atoms with E-state index in [4.69, 9.17) is 0 Å². The fraction of sp³-hybridized carbons (Fsp3) is 0.529. The minimum atomic E-state index is -0.234. The molecule has 0 aliphatic heterocycles. The summed E-state index contributed by atoms with van der Waals surface area (Å²) in [6.07, 6.45) is 4.59. The fourth-order valence-electron chi connectivity index (χ4n) is 2.87. The average molecular weight is 345 g/mol. The van der Waals surface area contributed by atoms with Crippen LogP contribution >= 0.6 is 11.8 Å². The quantitative estimate of drug-likeness (QED) is 0.844. The number of aromatic nitrogens is 4. The maximum Gasteiger partial charge on any atom is 0.233 e. The Hall–Kier alpha value is -1.89. The fourth-order valence-corrected chi connectivity index (χ4v) is 3.69. The normalized spacial score (nSPS) is 16.3. The van der Waals surface area contributed by atoms with Gasteiger partial charge in [-0.2, -0.15) is 4.68 Å². The van der Waals surface area contributed by atoms with E-state index in [9.17, 15) is 4.79 Å². The summed E-state index contributed by atoms with van der Waals surface area (Å²) in [6.45, 7) is 6.03. The second-order valence-electron chi connectivity index (χ2n) is 6.39. The average Bonchev–Trinajstić information content (AvgIpc) is 3.22. The topological polar surface area (TPSA) is 72.7 Å². The van der Waals surface area contributed by atoms with Crippen molar-refractivity contribution < 1.29 is 4.79 Å². The van der Waals surface area contributed by atoms with E-state index in [1.807, 2.05) is 13.0 Å². The Morgan fingerprint density at radius 1 is 1.29 bits per heavy atom. The summed E-state index contributed by atoms with van der Waals surface area (Å²) < 4.78 is 1.69. The molecule has 6 nitrogen and oxygen atoms in total. The van der Waals surface area contributed by atoms with Crippen LogP contribution in [0.5, 0.6) is 0 Å². The highest BCUT2D eigenvalue weighted by atomic mass is 32.2. The van der Waals surface area contributed by atoms with E-state index in [-0.39, 0.29) is 11.2 Å². The zero-order chi connectivity index (χ0) is 17.1. The number of amides is 1. The van der Waals surface area contributed by atoms with Gasteiger partial charge in [0.2, 0.25) is 11.1 Å². The van der Waals surface area contributed by atoms with Crippen LogP contribution in [0.25, 0.3) is 5.69 Å². The Bertz CT molecular complexity index is 724. The monoisotopic (exact) mass is 345 g/mol. The smallest absolute Gasteiger partial charge is 0.233 e. The number of tetrazole rings is 1. The van der Waals surface area contributed by atoms with Crippen LogP contribution in [0.3, 0.4) is 0 Å². The lowest BCUT2D eigenvalue weighted by Crippen LogP contribution is -2.37. The van der Waals surface area contributed by atoms with E-state index in [0.29, 0.717) is 11.2 Å². The van der Waals surface area contributed by atoms with Crippen LogP contribution in [0.2, 0.25) is 0 Å². The van der Waals surface area contributed by atoms with Gasteiger partial charge in [0, 0.05) is 6.04 Å². The molecule has 1 amide bonds. The van der Waals surface area contributed by atoms with E-state index >= 15 is 0 Å². The van der Waals surface area contributed by atoms with Crippen molar-refractivity contribution in [1.82, 2.24) is 25.5 Å². The number of hydrogen-bond donors (Lipinski definition) is 1. The lowest BCUT2D eigenvalue weighted by atomic mass is 10.1. The highest BCUT2D eigenvalue weighted by molar-refractivity contribution is 8.00. The molecule has 1 atom stereocenters. The van der Waals surface area contributed by atoms with Gasteiger partial charge in [-0.15, -0.1) is 5.10 Å². The maximum absolute atomic E-state index is 12.4. The molecule has 128 valence electrons. The molecular weight excluding hydrogens is 322 g/mol. The van der Waals surface area contributed by atoms with Crippen LogP contribution in [0.4, 0.5) is 0 Å². The van der Waals surface area contributed by atoms with E-state index in [0.717, 1.165) is 18.5 Å². The molecule has 0 radical (unpaired) electrons. The number of nitrogens with one attached hydrogen (secondary N) is 1. The van der Waals surface area contributed by atoms with Gasteiger partial charge in [-0.1, -0.05) is 30.7 Å². The van der Waals surface area contributed by atoms with Crippen molar-refractivity contribution in [3.63, 3.8) is 0 Å². The molecule has 0 unspecified atom stereocenters. The molecule has 2 aromatic rings. The summed E-state index contributed by atoms with van der Waals surface area (Å²) in [4.78, 5) is 12.4. The van der Waals surface area contributed by atoms with Crippen molar-refractivity contribution in [2.24, 2.45) is 0 Å². The lowest BCUT2D eigenvalue weighted by molar-refractivity contribution is -0.120. The maximum atomic E-state index is 12.4. The molecule has 1 heterocycles. The predicted octanol–water partition coefficient (Wildman–Crippen LogP) is 2.82. The number of carbonyl (C=O) groups excluding carboxylic acids is 1. The summed E-state index contributed by atoms with van der Waals surface area (Å²) in [7, 11) is 0. The highest BCUT2D eigenvalue weighted by Gasteiger charge is 2.23. The molecule has 1 fully saturated rings. The van der Waals surface area contributed by atoms with Gasteiger partial charge in [0.05, 0.1) is 10.9 Å². The van der Waals surface area contributed by atoms with Crippen molar-refractivity contribution in [3.05, 3.63) is 29.3 Å². The van der Waals surface area contributed by atoms with E-state index in [2.05, 4.69) is 46.8 Å². The van der Waals surface area contributed by atoms with Gasteiger partial charge >= 0.3 is 0 Å². The molecule has 1 aromatic carbocycles. The van der Waals surface area contributed by atoms with Gasteiger partial charge in [0.25, 0.3) is 0 Å². The number of thioether (sulfide) groups is 1.